The summed E-state index contributed by atoms with van der Waals surface area (Å²) in [5.74, 6) is -1.29. The van der Waals surface area contributed by atoms with Crippen molar-refractivity contribution in [1.82, 2.24) is 10.3 Å². The molecule has 0 saturated heterocycles. The third-order valence-corrected chi connectivity index (χ3v) is 4.03. The van der Waals surface area contributed by atoms with Gasteiger partial charge in [0.05, 0.1) is 16.2 Å². The zero-order valence-electron chi connectivity index (χ0n) is 13.3. The number of carbonyl (C=O) groups is 3. The summed E-state index contributed by atoms with van der Waals surface area (Å²) in [4.78, 5) is 48.7. The van der Waals surface area contributed by atoms with Crippen LogP contribution in [0.1, 0.15) is 16.1 Å². The molecule has 2 rings (SSSR count). The Kier molecular flexibility index (Phi) is 5.80. The highest BCUT2D eigenvalue weighted by atomic mass is 32.1. The molecule has 0 aliphatic heterocycles. The van der Waals surface area contributed by atoms with Crippen LogP contribution in [0.15, 0.2) is 24.3 Å². The Morgan fingerprint density at radius 3 is 2.58 bits per heavy atom. The van der Waals surface area contributed by atoms with Crippen molar-refractivity contribution in [2.24, 2.45) is 0 Å². The molecule has 26 heavy (non-hydrogen) atoms. The minimum absolute atomic E-state index is 0.0490. The highest BCUT2D eigenvalue weighted by Gasteiger charge is 2.20. The number of benzene rings is 1. The zero-order chi connectivity index (χ0) is 19.3. The van der Waals surface area contributed by atoms with Crippen molar-refractivity contribution in [2.75, 3.05) is 17.2 Å². The summed E-state index contributed by atoms with van der Waals surface area (Å²) >= 11 is 0.717. The lowest BCUT2D eigenvalue weighted by molar-refractivity contribution is -0.380. The maximum atomic E-state index is 12.4. The van der Waals surface area contributed by atoms with E-state index in [4.69, 9.17) is 5.11 Å². The van der Waals surface area contributed by atoms with Crippen LogP contribution in [0.3, 0.4) is 0 Å². The van der Waals surface area contributed by atoms with E-state index in [2.05, 4.69) is 15.6 Å². The number of para-hydroxylation sites is 1. The first-order valence-corrected chi connectivity index (χ1v) is 7.88. The van der Waals surface area contributed by atoms with E-state index >= 15 is 0 Å². The van der Waals surface area contributed by atoms with E-state index in [-0.39, 0.29) is 27.1 Å². The average Bonchev–Trinajstić information content (AvgIpc) is 2.94. The Bertz CT molecular complexity index is 880. The highest BCUT2D eigenvalue weighted by molar-refractivity contribution is 7.19. The quantitative estimate of drug-likeness (QED) is 0.439. The Morgan fingerprint density at radius 2 is 1.96 bits per heavy atom. The van der Waals surface area contributed by atoms with Gasteiger partial charge in [-0.3, -0.25) is 25.0 Å². The van der Waals surface area contributed by atoms with Crippen molar-refractivity contribution in [3.63, 3.8) is 0 Å². The van der Waals surface area contributed by atoms with Crippen molar-refractivity contribution in [3.05, 3.63) is 45.6 Å². The van der Waals surface area contributed by atoms with Crippen molar-refractivity contribution in [1.29, 1.82) is 0 Å². The van der Waals surface area contributed by atoms with E-state index in [1.807, 2.05) is 5.32 Å². The SMILES string of the molecule is Cc1nc(NC(=O)c2ccccc2NC(=O)CNC(=O)O)sc1[N+](=O)[O-]. The lowest BCUT2D eigenvalue weighted by atomic mass is 10.1. The Balaban J connectivity index is 2.14. The first-order valence-electron chi connectivity index (χ1n) is 7.06. The molecule has 0 aliphatic rings. The fraction of sp³-hybridized carbons (Fsp3) is 0.143. The second-order valence-corrected chi connectivity index (χ2v) is 5.85. The lowest BCUT2D eigenvalue weighted by Crippen LogP contribution is -2.32. The van der Waals surface area contributed by atoms with Gasteiger partial charge in [-0.15, -0.1) is 0 Å². The number of anilines is 2. The summed E-state index contributed by atoms with van der Waals surface area (Å²) in [5.41, 5.74) is 0.424. The fourth-order valence-corrected chi connectivity index (χ4v) is 2.69. The summed E-state index contributed by atoms with van der Waals surface area (Å²) in [6.07, 6.45) is -1.35. The molecule has 2 aromatic rings. The van der Waals surface area contributed by atoms with Gasteiger partial charge in [-0.05, 0) is 30.4 Å². The van der Waals surface area contributed by atoms with E-state index in [1.54, 1.807) is 12.1 Å². The van der Waals surface area contributed by atoms with Gasteiger partial charge in [0.15, 0.2) is 5.13 Å². The largest absolute Gasteiger partial charge is 0.465 e. The fourth-order valence-electron chi connectivity index (χ4n) is 1.92. The van der Waals surface area contributed by atoms with Crippen LogP contribution in [0.4, 0.5) is 20.6 Å². The Morgan fingerprint density at radius 1 is 1.27 bits per heavy atom. The van der Waals surface area contributed by atoms with E-state index in [9.17, 15) is 24.5 Å². The summed E-state index contributed by atoms with van der Waals surface area (Å²) in [6, 6.07) is 6.04. The van der Waals surface area contributed by atoms with Gasteiger partial charge in [-0.1, -0.05) is 12.1 Å². The van der Waals surface area contributed by atoms with Crippen LogP contribution in [-0.2, 0) is 4.79 Å². The maximum Gasteiger partial charge on any atom is 0.405 e. The number of aromatic nitrogens is 1. The first kappa shape index (κ1) is 18.8. The van der Waals surface area contributed by atoms with Gasteiger partial charge in [0.1, 0.15) is 12.2 Å². The number of nitro groups is 1. The molecule has 1 heterocycles. The van der Waals surface area contributed by atoms with Crippen molar-refractivity contribution in [2.45, 2.75) is 6.92 Å². The third-order valence-electron chi connectivity index (χ3n) is 3.00. The summed E-state index contributed by atoms with van der Waals surface area (Å²) in [7, 11) is 0. The molecule has 0 spiro atoms. The number of hydrogen-bond acceptors (Lipinski definition) is 7. The van der Waals surface area contributed by atoms with Gasteiger partial charge in [0.25, 0.3) is 5.91 Å². The zero-order valence-corrected chi connectivity index (χ0v) is 14.1. The molecule has 0 fully saturated rings. The molecule has 136 valence electrons. The first-order chi connectivity index (χ1) is 12.3. The van der Waals surface area contributed by atoms with Crippen molar-refractivity contribution < 1.29 is 24.4 Å². The lowest BCUT2D eigenvalue weighted by Gasteiger charge is -2.10. The Labute approximate surface area is 150 Å². The number of carbonyl (C=O) groups excluding carboxylic acids is 2. The number of nitrogens with zero attached hydrogens (tertiary/aromatic N) is 2. The molecule has 1 aromatic carbocycles. The van der Waals surface area contributed by atoms with Crippen LogP contribution in [0, 0.1) is 17.0 Å². The predicted octanol–water partition coefficient (Wildman–Crippen LogP) is 1.82. The Hall–Kier alpha value is -3.54. The van der Waals surface area contributed by atoms with Gasteiger partial charge < -0.3 is 15.7 Å². The van der Waals surface area contributed by atoms with Crippen LogP contribution in [0.25, 0.3) is 0 Å². The molecule has 0 atom stereocenters. The number of thiazole rings is 1. The summed E-state index contributed by atoms with van der Waals surface area (Å²) in [5, 5.41) is 26.0. The molecule has 4 N–H and O–H groups in total. The second kappa shape index (κ2) is 8.02. The van der Waals surface area contributed by atoms with Gasteiger partial charge in [-0.2, -0.15) is 0 Å². The third kappa shape index (κ3) is 4.73. The van der Waals surface area contributed by atoms with Crippen molar-refractivity contribution >= 4 is 45.1 Å². The molecule has 0 bridgehead atoms. The number of hydrogen-bond donors (Lipinski definition) is 4. The normalized spacial score (nSPS) is 10.0. The van der Waals surface area contributed by atoms with Gasteiger partial charge in [-0.25, -0.2) is 9.78 Å². The number of aryl methyl sites for hydroxylation is 1. The standard InChI is InChI=1S/C14H13N5O6S/c1-7-12(19(24)25)26-13(16-7)18-11(21)8-4-2-3-5-9(8)17-10(20)6-15-14(22)23/h2-5,15H,6H2,1H3,(H,17,20)(H,22,23)(H,16,18,21). The number of carboxylic acid groups (broad SMARTS) is 1. The van der Waals surface area contributed by atoms with Crippen LogP contribution >= 0.6 is 11.3 Å². The number of rotatable bonds is 6. The topological polar surface area (TPSA) is 164 Å². The smallest absolute Gasteiger partial charge is 0.405 e. The van der Waals surface area contributed by atoms with Gasteiger partial charge in [0, 0.05) is 0 Å². The molecule has 1 aromatic heterocycles. The molecular weight excluding hydrogens is 366 g/mol. The van der Waals surface area contributed by atoms with Crippen LogP contribution < -0.4 is 16.0 Å². The van der Waals surface area contributed by atoms with E-state index in [0.29, 0.717) is 11.3 Å². The minimum Gasteiger partial charge on any atom is -0.465 e. The van der Waals surface area contributed by atoms with Gasteiger partial charge >= 0.3 is 11.1 Å². The van der Waals surface area contributed by atoms with Crippen LogP contribution in [-0.4, -0.2) is 39.5 Å². The molecule has 12 heteroatoms. The predicted molar refractivity (Wildman–Crippen MR) is 92.6 cm³/mol. The molecule has 0 radical (unpaired) electrons. The minimum atomic E-state index is -1.35. The molecule has 0 unspecified atom stereocenters. The summed E-state index contributed by atoms with van der Waals surface area (Å²) in [6.45, 7) is 0.969. The molecule has 11 nitrogen and oxygen atoms in total. The highest BCUT2D eigenvalue weighted by Crippen LogP contribution is 2.30. The van der Waals surface area contributed by atoms with Gasteiger partial charge in [0.2, 0.25) is 5.91 Å². The molecular formula is C14H13N5O6S. The van der Waals surface area contributed by atoms with E-state index in [1.165, 1.54) is 19.1 Å². The monoisotopic (exact) mass is 379 g/mol. The molecule has 0 saturated carbocycles. The van der Waals surface area contributed by atoms with Crippen LogP contribution in [0.2, 0.25) is 0 Å². The molecule has 0 aliphatic carbocycles. The summed E-state index contributed by atoms with van der Waals surface area (Å²) < 4.78 is 0. The van der Waals surface area contributed by atoms with Crippen molar-refractivity contribution in [3.8, 4) is 0 Å². The maximum absolute atomic E-state index is 12.4. The second-order valence-electron chi connectivity index (χ2n) is 4.87. The van der Waals surface area contributed by atoms with Crippen LogP contribution in [0.5, 0.6) is 0 Å². The average molecular weight is 379 g/mol. The van der Waals surface area contributed by atoms with E-state index < -0.39 is 29.4 Å². The number of nitrogens with one attached hydrogen (secondary N) is 3. The molecule has 3 amide bonds. The number of amides is 3. The van der Waals surface area contributed by atoms with E-state index in [0.717, 1.165) is 0 Å².